The third kappa shape index (κ3) is 2.89. The van der Waals surface area contributed by atoms with Crippen molar-refractivity contribution in [3.63, 3.8) is 0 Å². The number of carbonyl (C=O) groups excluding carboxylic acids is 1. The summed E-state index contributed by atoms with van der Waals surface area (Å²) >= 11 is 7.51. The number of benzene rings is 1. The van der Waals surface area contributed by atoms with Crippen molar-refractivity contribution in [2.24, 2.45) is 0 Å². The van der Waals surface area contributed by atoms with Gasteiger partial charge >= 0.3 is 0 Å². The topological polar surface area (TPSA) is 46.1 Å². The summed E-state index contributed by atoms with van der Waals surface area (Å²) in [7, 11) is 0. The average Bonchev–Trinajstić information content (AvgIpc) is 2.80. The zero-order valence-electron chi connectivity index (χ0n) is 11.7. The van der Waals surface area contributed by atoms with Crippen molar-refractivity contribution >= 4 is 35.2 Å². The molecule has 1 aromatic carbocycles. The zero-order chi connectivity index (χ0) is 15.0. The summed E-state index contributed by atoms with van der Waals surface area (Å²) in [5, 5.41) is 0.582. The maximum atomic E-state index is 12.2. The second-order valence-corrected chi connectivity index (χ2v) is 6.43. The van der Waals surface area contributed by atoms with Crippen LogP contribution in [0.3, 0.4) is 0 Å². The average molecular weight is 320 g/mol. The van der Waals surface area contributed by atoms with E-state index in [-0.39, 0.29) is 11.3 Å². The molecule has 1 atom stereocenters. The highest BCUT2D eigenvalue weighted by atomic mass is 35.5. The smallest absolute Gasteiger partial charge is 0.240 e. The molecule has 1 fully saturated rings. The molecular formula is C15H14ClN3OS. The molecule has 2 aromatic rings. The molecule has 1 amide bonds. The van der Waals surface area contributed by atoms with Crippen LogP contribution in [0.15, 0.2) is 30.3 Å². The number of aryl methyl sites for hydroxylation is 2. The van der Waals surface area contributed by atoms with Crippen molar-refractivity contribution in [3.8, 4) is 0 Å². The van der Waals surface area contributed by atoms with Crippen molar-refractivity contribution in [1.29, 1.82) is 0 Å². The molecule has 1 unspecified atom stereocenters. The van der Waals surface area contributed by atoms with E-state index in [4.69, 9.17) is 11.6 Å². The molecule has 108 valence electrons. The Morgan fingerprint density at radius 1 is 1.19 bits per heavy atom. The normalized spacial score (nSPS) is 18.3. The van der Waals surface area contributed by atoms with Gasteiger partial charge in [-0.1, -0.05) is 23.7 Å². The molecule has 1 aliphatic heterocycles. The number of halogens is 1. The number of rotatable bonds is 2. The van der Waals surface area contributed by atoms with E-state index in [0.717, 1.165) is 17.0 Å². The van der Waals surface area contributed by atoms with Crippen LogP contribution in [0.1, 0.15) is 22.3 Å². The van der Waals surface area contributed by atoms with E-state index in [2.05, 4.69) is 9.97 Å². The van der Waals surface area contributed by atoms with Crippen LogP contribution in [0.4, 0.5) is 5.95 Å². The van der Waals surface area contributed by atoms with Gasteiger partial charge in [0.05, 0.1) is 5.75 Å². The third-order valence-corrected chi connectivity index (χ3v) is 4.67. The van der Waals surface area contributed by atoms with Crippen LogP contribution in [0.5, 0.6) is 0 Å². The fourth-order valence-electron chi connectivity index (χ4n) is 2.33. The molecule has 2 heterocycles. The molecule has 1 aliphatic rings. The number of aromatic nitrogens is 2. The van der Waals surface area contributed by atoms with Crippen LogP contribution in [0, 0.1) is 13.8 Å². The molecule has 0 bridgehead atoms. The Balaban J connectivity index is 2.01. The van der Waals surface area contributed by atoms with Crippen LogP contribution in [-0.4, -0.2) is 21.6 Å². The summed E-state index contributed by atoms with van der Waals surface area (Å²) in [5.41, 5.74) is 2.74. The fraction of sp³-hybridized carbons (Fsp3) is 0.267. The third-order valence-electron chi connectivity index (χ3n) is 3.21. The van der Waals surface area contributed by atoms with E-state index in [9.17, 15) is 4.79 Å². The lowest BCUT2D eigenvalue weighted by molar-refractivity contribution is -0.115. The SMILES string of the molecule is Cc1cc(C)nc(N2C(=O)CSC2c2ccc(Cl)cc2)n1. The maximum Gasteiger partial charge on any atom is 0.240 e. The van der Waals surface area contributed by atoms with E-state index in [1.165, 1.54) is 0 Å². The minimum atomic E-state index is -0.101. The summed E-state index contributed by atoms with van der Waals surface area (Å²) in [6, 6.07) is 9.44. The first-order chi connectivity index (χ1) is 10.0. The van der Waals surface area contributed by atoms with Gasteiger partial charge in [0.25, 0.3) is 0 Å². The lowest BCUT2D eigenvalue weighted by Crippen LogP contribution is -2.30. The molecular weight excluding hydrogens is 306 g/mol. The Morgan fingerprint density at radius 2 is 1.81 bits per heavy atom. The molecule has 0 aliphatic carbocycles. The highest BCUT2D eigenvalue weighted by molar-refractivity contribution is 8.00. The first-order valence-electron chi connectivity index (χ1n) is 6.56. The van der Waals surface area contributed by atoms with Crippen molar-refractivity contribution in [2.45, 2.75) is 19.2 Å². The lowest BCUT2D eigenvalue weighted by atomic mass is 10.2. The summed E-state index contributed by atoms with van der Waals surface area (Å²) < 4.78 is 0. The molecule has 4 nitrogen and oxygen atoms in total. The predicted octanol–water partition coefficient (Wildman–Crippen LogP) is 3.53. The highest BCUT2D eigenvalue weighted by Crippen LogP contribution is 2.40. The summed E-state index contributed by atoms with van der Waals surface area (Å²) in [5.74, 6) is 0.941. The summed E-state index contributed by atoms with van der Waals surface area (Å²) in [6.07, 6.45) is 0. The second-order valence-electron chi connectivity index (χ2n) is 4.93. The number of thioether (sulfide) groups is 1. The molecule has 0 N–H and O–H groups in total. The minimum absolute atomic E-state index is 0.0324. The summed E-state index contributed by atoms with van der Waals surface area (Å²) in [4.78, 5) is 22.8. The zero-order valence-corrected chi connectivity index (χ0v) is 13.3. The monoisotopic (exact) mass is 319 g/mol. The number of hydrogen-bond donors (Lipinski definition) is 0. The molecule has 3 rings (SSSR count). The van der Waals surface area contributed by atoms with Crippen molar-refractivity contribution in [3.05, 3.63) is 52.3 Å². The molecule has 1 aromatic heterocycles. The first kappa shape index (κ1) is 14.4. The van der Waals surface area contributed by atoms with E-state index >= 15 is 0 Å². The lowest BCUT2D eigenvalue weighted by Gasteiger charge is -2.22. The van der Waals surface area contributed by atoms with Gasteiger partial charge in [0.15, 0.2) is 0 Å². The Morgan fingerprint density at radius 3 is 2.43 bits per heavy atom. The largest absolute Gasteiger partial charge is 0.273 e. The van der Waals surface area contributed by atoms with Crippen molar-refractivity contribution < 1.29 is 4.79 Å². The van der Waals surface area contributed by atoms with Gasteiger partial charge in [-0.05, 0) is 37.6 Å². The van der Waals surface area contributed by atoms with E-state index < -0.39 is 0 Å². The van der Waals surface area contributed by atoms with Crippen LogP contribution in [-0.2, 0) is 4.79 Å². The number of nitrogens with zero attached hydrogens (tertiary/aromatic N) is 3. The van der Waals surface area contributed by atoms with Gasteiger partial charge in [0, 0.05) is 16.4 Å². The Hall–Kier alpha value is -1.59. The predicted molar refractivity (Wildman–Crippen MR) is 85.6 cm³/mol. The van der Waals surface area contributed by atoms with Crippen LogP contribution in [0.2, 0.25) is 5.02 Å². The van der Waals surface area contributed by atoms with Crippen LogP contribution < -0.4 is 4.90 Å². The molecule has 6 heteroatoms. The van der Waals surface area contributed by atoms with Gasteiger partial charge in [-0.25, -0.2) is 9.97 Å². The molecule has 21 heavy (non-hydrogen) atoms. The molecule has 0 saturated carbocycles. The van der Waals surface area contributed by atoms with Gasteiger partial charge < -0.3 is 0 Å². The van der Waals surface area contributed by atoms with E-state index in [0.29, 0.717) is 16.7 Å². The number of anilines is 1. The van der Waals surface area contributed by atoms with Gasteiger partial charge in [0.1, 0.15) is 5.37 Å². The molecule has 0 spiro atoms. The van der Waals surface area contributed by atoms with E-state index in [1.807, 2.05) is 44.2 Å². The second kappa shape index (κ2) is 5.66. The van der Waals surface area contributed by atoms with Crippen LogP contribution in [0.25, 0.3) is 0 Å². The molecule has 0 radical (unpaired) electrons. The van der Waals surface area contributed by atoms with Gasteiger partial charge in [0.2, 0.25) is 11.9 Å². The number of amides is 1. The first-order valence-corrected chi connectivity index (χ1v) is 7.98. The van der Waals surface area contributed by atoms with Crippen molar-refractivity contribution in [1.82, 2.24) is 9.97 Å². The number of hydrogen-bond acceptors (Lipinski definition) is 4. The van der Waals surface area contributed by atoms with Crippen molar-refractivity contribution in [2.75, 3.05) is 10.7 Å². The standard InChI is InChI=1S/C15H14ClN3OS/c1-9-7-10(2)18-15(17-9)19-13(20)8-21-14(19)11-3-5-12(16)6-4-11/h3-7,14H,8H2,1-2H3. The quantitative estimate of drug-likeness (QED) is 0.849. The Labute approximate surface area is 132 Å². The fourth-order valence-corrected chi connectivity index (χ4v) is 3.61. The highest BCUT2D eigenvalue weighted by Gasteiger charge is 2.35. The van der Waals surface area contributed by atoms with E-state index in [1.54, 1.807) is 16.7 Å². The minimum Gasteiger partial charge on any atom is -0.273 e. The van der Waals surface area contributed by atoms with Gasteiger partial charge in [-0.2, -0.15) is 0 Å². The number of carbonyl (C=O) groups is 1. The molecule has 1 saturated heterocycles. The Bertz CT molecular complexity index is 670. The van der Waals surface area contributed by atoms with Crippen LogP contribution >= 0.6 is 23.4 Å². The maximum absolute atomic E-state index is 12.2. The van der Waals surface area contributed by atoms with Gasteiger partial charge in [-0.15, -0.1) is 11.8 Å². The Kier molecular flexibility index (Phi) is 3.87. The van der Waals surface area contributed by atoms with Gasteiger partial charge in [-0.3, -0.25) is 9.69 Å². The summed E-state index contributed by atoms with van der Waals surface area (Å²) in [6.45, 7) is 3.81.